The zero-order valence-electron chi connectivity index (χ0n) is 12.0. The van der Waals surface area contributed by atoms with Gasteiger partial charge < -0.3 is 10.2 Å². The van der Waals surface area contributed by atoms with Gasteiger partial charge in [-0.2, -0.15) is 0 Å². The van der Waals surface area contributed by atoms with Crippen LogP contribution >= 0.6 is 23.6 Å². The molecule has 0 aliphatic carbocycles. The molecule has 0 unspecified atom stereocenters. The number of fused-ring (bicyclic) bond motifs is 1. The molecule has 1 N–H and O–H groups in total. The summed E-state index contributed by atoms with van der Waals surface area (Å²) in [5.41, 5.74) is 2.69. The molecule has 0 saturated carbocycles. The average Bonchev–Trinajstić information content (AvgIpc) is 2.92. The molecule has 0 amide bonds. The van der Waals surface area contributed by atoms with Gasteiger partial charge in [-0.15, -0.1) is 11.3 Å². The zero-order valence-corrected chi connectivity index (χ0v) is 13.7. The van der Waals surface area contributed by atoms with Gasteiger partial charge in [-0.3, -0.25) is 0 Å². The number of nitrogens with zero attached hydrogens (tertiary/aromatic N) is 1. The lowest BCUT2D eigenvalue weighted by Gasteiger charge is -2.35. The Bertz CT molecular complexity index is 681. The van der Waals surface area contributed by atoms with Gasteiger partial charge in [-0.25, -0.2) is 4.39 Å². The molecule has 1 aliphatic heterocycles. The van der Waals surface area contributed by atoms with Gasteiger partial charge in [0.25, 0.3) is 0 Å². The van der Waals surface area contributed by atoms with Crippen LogP contribution in [-0.4, -0.2) is 16.6 Å². The number of aryl methyl sites for hydroxylation is 1. The second kappa shape index (κ2) is 5.73. The highest BCUT2D eigenvalue weighted by Crippen LogP contribution is 2.33. The number of thiocarbonyl (C=S) groups is 1. The third-order valence-corrected chi connectivity index (χ3v) is 5.29. The Morgan fingerprint density at radius 1 is 1.43 bits per heavy atom. The van der Waals surface area contributed by atoms with E-state index < -0.39 is 0 Å². The first-order valence-electron chi connectivity index (χ1n) is 6.96. The highest BCUT2D eigenvalue weighted by atomic mass is 32.1. The minimum atomic E-state index is -0.213. The predicted molar refractivity (Wildman–Crippen MR) is 90.5 cm³/mol. The summed E-state index contributed by atoms with van der Waals surface area (Å²) in [5, 5.41) is 5.94. The Morgan fingerprint density at radius 2 is 2.24 bits per heavy atom. The summed E-state index contributed by atoms with van der Waals surface area (Å²) in [6.07, 6.45) is 1.02. The molecule has 2 heterocycles. The Labute approximate surface area is 133 Å². The maximum atomic E-state index is 13.6. The van der Waals surface area contributed by atoms with Crippen LogP contribution in [0.15, 0.2) is 29.6 Å². The van der Waals surface area contributed by atoms with E-state index in [0.29, 0.717) is 16.4 Å². The Morgan fingerprint density at radius 3 is 3.00 bits per heavy atom. The van der Waals surface area contributed by atoms with Crippen LogP contribution in [0, 0.1) is 12.7 Å². The first-order valence-corrected chi connectivity index (χ1v) is 8.25. The number of nitrogens with one attached hydrogen (secondary N) is 1. The van der Waals surface area contributed by atoms with E-state index >= 15 is 0 Å². The molecule has 1 aliphatic rings. The maximum Gasteiger partial charge on any atom is 0.173 e. The predicted octanol–water partition coefficient (Wildman–Crippen LogP) is 4.51. The van der Waals surface area contributed by atoms with Crippen molar-refractivity contribution < 1.29 is 4.39 Å². The van der Waals surface area contributed by atoms with E-state index in [4.69, 9.17) is 12.2 Å². The summed E-state index contributed by atoms with van der Waals surface area (Å²) in [5.74, 6) is -0.213. The number of hydrogen-bond acceptors (Lipinski definition) is 2. The monoisotopic (exact) mass is 320 g/mol. The summed E-state index contributed by atoms with van der Waals surface area (Å²) in [7, 11) is 0. The van der Waals surface area contributed by atoms with Crippen LogP contribution in [0.5, 0.6) is 0 Å². The Kier molecular flexibility index (Phi) is 3.95. The molecule has 1 aromatic carbocycles. The number of halogens is 1. The fourth-order valence-electron chi connectivity index (χ4n) is 2.65. The molecule has 2 nitrogen and oxygen atoms in total. The van der Waals surface area contributed by atoms with Gasteiger partial charge in [0.2, 0.25) is 0 Å². The molecule has 0 fully saturated rings. The molecule has 1 atom stereocenters. The van der Waals surface area contributed by atoms with Crippen LogP contribution in [0.4, 0.5) is 10.1 Å². The molecule has 110 valence electrons. The van der Waals surface area contributed by atoms with Crippen molar-refractivity contribution in [1.29, 1.82) is 0 Å². The SMILES string of the molecule is Cc1ccc(NC(=S)N2CCc3sccc3[C@@H]2C)cc1F. The van der Waals surface area contributed by atoms with Gasteiger partial charge >= 0.3 is 0 Å². The van der Waals surface area contributed by atoms with Gasteiger partial charge in [0, 0.05) is 17.1 Å². The molecular formula is C16H17FN2S2. The molecule has 2 aromatic rings. The fourth-order valence-corrected chi connectivity index (χ4v) is 3.98. The van der Waals surface area contributed by atoms with Crippen LogP contribution in [0.3, 0.4) is 0 Å². The number of hydrogen-bond donors (Lipinski definition) is 1. The number of anilines is 1. The van der Waals surface area contributed by atoms with Crippen molar-refractivity contribution in [2.75, 3.05) is 11.9 Å². The summed E-state index contributed by atoms with van der Waals surface area (Å²) in [4.78, 5) is 3.62. The molecule has 0 spiro atoms. The molecule has 0 saturated heterocycles. The van der Waals surface area contributed by atoms with E-state index in [2.05, 4.69) is 28.6 Å². The average molecular weight is 320 g/mol. The van der Waals surface area contributed by atoms with Crippen LogP contribution < -0.4 is 5.32 Å². The van der Waals surface area contributed by atoms with Crippen molar-refractivity contribution in [2.45, 2.75) is 26.3 Å². The molecule has 1 aromatic heterocycles. The summed E-state index contributed by atoms with van der Waals surface area (Å²) < 4.78 is 13.6. The van der Waals surface area contributed by atoms with Crippen molar-refractivity contribution in [2.24, 2.45) is 0 Å². The van der Waals surface area contributed by atoms with E-state index in [1.165, 1.54) is 16.5 Å². The third kappa shape index (κ3) is 2.80. The van der Waals surface area contributed by atoms with Crippen LogP contribution in [0.25, 0.3) is 0 Å². The quantitative estimate of drug-likeness (QED) is 0.778. The second-order valence-corrected chi connectivity index (χ2v) is 6.70. The van der Waals surface area contributed by atoms with Crippen molar-refractivity contribution >= 4 is 34.4 Å². The number of benzene rings is 1. The molecule has 5 heteroatoms. The minimum Gasteiger partial charge on any atom is -0.342 e. The normalized spacial score (nSPS) is 17.5. The van der Waals surface area contributed by atoms with Gasteiger partial charge in [-0.05, 0) is 67.2 Å². The maximum absolute atomic E-state index is 13.6. The van der Waals surface area contributed by atoms with E-state index in [-0.39, 0.29) is 11.9 Å². The van der Waals surface area contributed by atoms with Crippen LogP contribution in [0.2, 0.25) is 0 Å². The van der Waals surface area contributed by atoms with Crippen LogP contribution in [0.1, 0.15) is 29.0 Å². The molecule has 3 rings (SSSR count). The minimum absolute atomic E-state index is 0.213. The highest BCUT2D eigenvalue weighted by Gasteiger charge is 2.26. The summed E-state index contributed by atoms with van der Waals surface area (Å²) >= 11 is 7.32. The number of rotatable bonds is 1. The second-order valence-electron chi connectivity index (χ2n) is 5.31. The van der Waals surface area contributed by atoms with Crippen molar-refractivity contribution in [1.82, 2.24) is 4.90 Å². The standard InChI is InChI=1S/C16H17FN2S2/c1-10-3-4-12(9-14(10)17)18-16(20)19-7-5-15-13(11(19)2)6-8-21-15/h3-4,6,8-9,11H,5,7H2,1-2H3,(H,18,20)/t11-/m0/s1. The highest BCUT2D eigenvalue weighted by molar-refractivity contribution is 7.80. The smallest absolute Gasteiger partial charge is 0.173 e. The fraction of sp³-hybridized carbons (Fsp3) is 0.312. The largest absolute Gasteiger partial charge is 0.342 e. The van der Waals surface area contributed by atoms with E-state index in [1.54, 1.807) is 13.0 Å². The van der Waals surface area contributed by atoms with Gasteiger partial charge in [0.05, 0.1) is 6.04 Å². The topological polar surface area (TPSA) is 15.3 Å². The lowest BCUT2D eigenvalue weighted by atomic mass is 10.0. The summed E-state index contributed by atoms with van der Waals surface area (Å²) in [6, 6.07) is 7.54. The van der Waals surface area contributed by atoms with Crippen molar-refractivity contribution in [3.8, 4) is 0 Å². The zero-order chi connectivity index (χ0) is 15.0. The van der Waals surface area contributed by atoms with Crippen molar-refractivity contribution in [3.05, 3.63) is 51.5 Å². The van der Waals surface area contributed by atoms with E-state index in [1.807, 2.05) is 17.4 Å². The molecule has 0 radical (unpaired) electrons. The van der Waals surface area contributed by atoms with E-state index in [0.717, 1.165) is 13.0 Å². The van der Waals surface area contributed by atoms with Gasteiger partial charge in [0.1, 0.15) is 5.82 Å². The van der Waals surface area contributed by atoms with Crippen molar-refractivity contribution in [3.63, 3.8) is 0 Å². The molecular weight excluding hydrogens is 303 g/mol. The Balaban J connectivity index is 1.75. The molecule has 0 bridgehead atoms. The number of thiophene rings is 1. The lowest BCUT2D eigenvalue weighted by molar-refractivity contribution is 0.326. The van der Waals surface area contributed by atoms with Gasteiger partial charge in [-0.1, -0.05) is 6.07 Å². The third-order valence-electron chi connectivity index (χ3n) is 3.96. The van der Waals surface area contributed by atoms with Crippen LogP contribution in [-0.2, 0) is 6.42 Å². The first kappa shape index (κ1) is 14.5. The lowest BCUT2D eigenvalue weighted by Crippen LogP contribution is -2.40. The first-order chi connectivity index (χ1) is 10.1. The molecule has 21 heavy (non-hydrogen) atoms. The summed E-state index contributed by atoms with van der Waals surface area (Å²) in [6.45, 7) is 4.81. The van der Waals surface area contributed by atoms with E-state index in [9.17, 15) is 4.39 Å². The van der Waals surface area contributed by atoms with Gasteiger partial charge in [0.15, 0.2) is 5.11 Å². The Hall–Kier alpha value is -1.46.